The zero-order chi connectivity index (χ0) is 26.1. The van der Waals surface area contributed by atoms with Crippen LogP contribution in [0.25, 0.3) is 0 Å². The highest BCUT2D eigenvalue weighted by atomic mass is 32.3. The summed E-state index contributed by atoms with van der Waals surface area (Å²) in [6.07, 6.45) is 2.55. The lowest BCUT2D eigenvalue weighted by Crippen LogP contribution is -2.33. The number of carbonyl (C=O) groups is 2. The summed E-state index contributed by atoms with van der Waals surface area (Å²) in [5.41, 5.74) is -0.474. The van der Waals surface area contributed by atoms with E-state index in [1.807, 2.05) is 32.4 Å². The van der Waals surface area contributed by atoms with Crippen LogP contribution in [0.5, 0.6) is 0 Å². The van der Waals surface area contributed by atoms with Crippen molar-refractivity contribution in [2.24, 2.45) is 5.41 Å². The van der Waals surface area contributed by atoms with Crippen LogP contribution in [0.15, 0.2) is 26.6 Å². The lowest BCUT2D eigenvalue weighted by Gasteiger charge is -2.31. The molecule has 1 aromatic heterocycles. The van der Waals surface area contributed by atoms with E-state index in [0.29, 0.717) is 36.3 Å². The van der Waals surface area contributed by atoms with Crippen molar-refractivity contribution in [2.75, 3.05) is 6.54 Å². The third kappa shape index (κ3) is 7.12. The monoisotopic (exact) mass is 534 g/mol. The molecule has 192 valence electrons. The standard InChI is InChI=1S/C22H34N2O7S3/c1-8-23-16-11-14(2)33(27,28)20-15(16)12-19(32-20)34(29,30)24-17(25)9-10-18(26)31-22(6,7)13-21(3,4)5/h9-10,12,14,16,23H,8,11,13H2,1-7H3,(H,24,25)/b10-9+/t14-,16-/m0/s1. The number of rotatable bonds is 8. The normalized spacial score (nSPS) is 20.7. The highest BCUT2D eigenvalue weighted by Gasteiger charge is 2.39. The van der Waals surface area contributed by atoms with Gasteiger partial charge in [0.25, 0.3) is 15.9 Å². The smallest absolute Gasteiger partial charge is 0.331 e. The summed E-state index contributed by atoms with van der Waals surface area (Å²) in [4.78, 5) is 24.3. The zero-order valence-electron chi connectivity index (χ0n) is 20.6. The van der Waals surface area contributed by atoms with Crippen LogP contribution in [0.1, 0.15) is 72.9 Å². The lowest BCUT2D eigenvalue weighted by molar-refractivity contribution is -0.152. The Bertz CT molecular complexity index is 1170. The van der Waals surface area contributed by atoms with Crippen molar-refractivity contribution in [2.45, 2.75) is 86.6 Å². The molecule has 9 nitrogen and oxygen atoms in total. The minimum atomic E-state index is -4.34. The molecule has 0 aliphatic carbocycles. The second-order valence-corrected chi connectivity index (χ2v) is 15.8. The van der Waals surface area contributed by atoms with E-state index in [2.05, 4.69) is 5.32 Å². The zero-order valence-corrected chi connectivity index (χ0v) is 23.0. The number of hydrogen-bond donors (Lipinski definition) is 2. The Kier molecular flexibility index (Phi) is 8.44. The van der Waals surface area contributed by atoms with E-state index in [1.54, 1.807) is 20.8 Å². The Morgan fingerprint density at radius 2 is 1.82 bits per heavy atom. The molecule has 1 aromatic rings. The molecule has 0 radical (unpaired) electrons. The van der Waals surface area contributed by atoms with Gasteiger partial charge in [0.05, 0.1) is 5.25 Å². The van der Waals surface area contributed by atoms with Crippen molar-refractivity contribution >= 4 is 43.1 Å². The Balaban J connectivity index is 2.17. The van der Waals surface area contributed by atoms with Gasteiger partial charge in [0.15, 0.2) is 9.84 Å². The average molecular weight is 535 g/mol. The van der Waals surface area contributed by atoms with Crippen molar-refractivity contribution in [3.63, 3.8) is 0 Å². The predicted molar refractivity (Wildman–Crippen MR) is 131 cm³/mol. The first-order valence-corrected chi connectivity index (χ1v) is 14.8. The fourth-order valence-corrected chi connectivity index (χ4v) is 9.09. The van der Waals surface area contributed by atoms with Gasteiger partial charge in [-0.15, -0.1) is 11.3 Å². The topological polar surface area (TPSA) is 136 Å². The Labute approximate surface area is 206 Å². The summed E-state index contributed by atoms with van der Waals surface area (Å²) in [7, 11) is -8.01. The summed E-state index contributed by atoms with van der Waals surface area (Å²) in [5, 5.41) is 2.51. The summed E-state index contributed by atoms with van der Waals surface area (Å²) >= 11 is 0.616. The number of sulfone groups is 1. The number of fused-ring (bicyclic) bond motifs is 1. The average Bonchev–Trinajstić information content (AvgIpc) is 3.10. The molecule has 34 heavy (non-hydrogen) atoms. The number of sulfonamides is 1. The molecule has 2 heterocycles. The molecule has 1 amide bonds. The molecule has 0 spiro atoms. The fourth-order valence-electron chi connectivity index (χ4n) is 4.15. The predicted octanol–water partition coefficient (Wildman–Crippen LogP) is 3.08. The fraction of sp³-hybridized carbons (Fsp3) is 0.636. The van der Waals surface area contributed by atoms with Crippen LogP contribution < -0.4 is 10.0 Å². The summed E-state index contributed by atoms with van der Waals surface area (Å²) in [6, 6.07) is 0.986. The van der Waals surface area contributed by atoms with Gasteiger partial charge in [0.1, 0.15) is 14.0 Å². The second-order valence-electron chi connectivity index (χ2n) is 10.2. The molecule has 0 fully saturated rings. The van der Waals surface area contributed by atoms with E-state index in [-0.39, 0.29) is 19.9 Å². The molecule has 2 N–H and O–H groups in total. The Hall–Kier alpha value is -1.76. The van der Waals surface area contributed by atoms with Gasteiger partial charge in [-0.1, -0.05) is 27.7 Å². The molecule has 0 saturated carbocycles. The van der Waals surface area contributed by atoms with Crippen LogP contribution in [0.2, 0.25) is 0 Å². The highest BCUT2D eigenvalue weighted by Crippen LogP contribution is 2.42. The number of nitrogens with one attached hydrogen (secondary N) is 2. The van der Waals surface area contributed by atoms with Gasteiger partial charge < -0.3 is 10.1 Å². The molecule has 0 saturated heterocycles. The maximum absolute atomic E-state index is 12.8. The van der Waals surface area contributed by atoms with Crippen LogP contribution in [-0.4, -0.2) is 46.1 Å². The molecule has 1 aliphatic rings. The first-order chi connectivity index (χ1) is 15.4. The van der Waals surface area contributed by atoms with Crippen LogP contribution in [0, 0.1) is 5.41 Å². The van der Waals surface area contributed by atoms with E-state index in [4.69, 9.17) is 4.74 Å². The highest BCUT2D eigenvalue weighted by molar-refractivity contribution is 7.95. The van der Waals surface area contributed by atoms with Gasteiger partial charge in [-0.25, -0.2) is 26.4 Å². The number of ether oxygens (including phenoxy) is 1. The van der Waals surface area contributed by atoms with Crippen molar-refractivity contribution in [1.82, 2.24) is 10.0 Å². The maximum Gasteiger partial charge on any atom is 0.331 e. The van der Waals surface area contributed by atoms with Crippen LogP contribution in [0.4, 0.5) is 0 Å². The van der Waals surface area contributed by atoms with Crippen LogP contribution in [0.3, 0.4) is 0 Å². The molecule has 0 aromatic carbocycles. The SMILES string of the molecule is CCN[C@H]1C[C@H](C)S(=O)(=O)c2sc(S(=O)(=O)NC(=O)/C=C/C(=O)OC(C)(C)CC(C)(C)C)cc21. The van der Waals surface area contributed by atoms with Crippen molar-refractivity contribution in [3.05, 3.63) is 23.8 Å². The second kappa shape index (κ2) is 10.1. The molecule has 2 rings (SSSR count). The maximum atomic E-state index is 12.8. The van der Waals surface area contributed by atoms with Gasteiger partial charge in [0.2, 0.25) is 0 Å². The largest absolute Gasteiger partial charge is 0.456 e. The van der Waals surface area contributed by atoms with Crippen molar-refractivity contribution < 1.29 is 31.2 Å². The van der Waals surface area contributed by atoms with Crippen molar-refractivity contribution in [1.29, 1.82) is 0 Å². The van der Waals surface area contributed by atoms with E-state index in [0.717, 1.165) is 12.2 Å². The van der Waals surface area contributed by atoms with E-state index in [1.165, 1.54) is 6.07 Å². The third-order valence-corrected chi connectivity index (χ3v) is 10.8. The molecular weight excluding hydrogens is 500 g/mol. The number of amides is 1. The summed E-state index contributed by atoms with van der Waals surface area (Å²) in [5.74, 6) is -1.82. The van der Waals surface area contributed by atoms with E-state index in [9.17, 15) is 26.4 Å². The number of hydrogen-bond acceptors (Lipinski definition) is 9. The van der Waals surface area contributed by atoms with Gasteiger partial charge in [-0.2, -0.15) is 0 Å². The molecule has 2 atom stereocenters. The first-order valence-electron chi connectivity index (χ1n) is 11.0. The van der Waals surface area contributed by atoms with Crippen molar-refractivity contribution in [3.8, 4) is 0 Å². The molecular formula is C22H34N2O7S3. The molecule has 12 heteroatoms. The minimum absolute atomic E-state index is 0.00905. The first kappa shape index (κ1) is 28.5. The van der Waals surface area contributed by atoms with Crippen LogP contribution >= 0.6 is 11.3 Å². The number of carbonyl (C=O) groups excluding carboxylic acids is 2. The minimum Gasteiger partial charge on any atom is -0.456 e. The Morgan fingerprint density at radius 3 is 2.38 bits per heavy atom. The molecule has 1 aliphatic heterocycles. The van der Waals surface area contributed by atoms with E-state index < -0.39 is 42.6 Å². The number of thiophene rings is 1. The molecule has 0 bridgehead atoms. The van der Waals surface area contributed by atoms with Crippen LogP contribution in [-0.2, 0) is 34.2 Å². The summed E-state index contributed by atoms with van der Waals surface area (Å²) in [6.45, 7) is 13.6. The summed E-state index contributed by atoms with van der Waals surface area (Å²) < 4.78 is 57.9. The Morgan fingerprint density at radius 1 is 1.21 bits per heavy atom. The van der Waals surface area contributed by atoms with Gasteiger partial charge in [-0.3, -0.25) is 4.79 Å². The molecule has 0 unspecified atom stereocenters. The van der Waals surface area contributed by atoms with Gasteiger partial charge in [0, 0.05) is 23.8 Å². The van der Waals surface area contributed by atoms with Gasteiger partial charge in [-0.05, 0) is 51.6 Å². The quantitative estimate of drug-likeness (QED) is 0.384. The third-order valence-electron chi connectivity index (χ3n) is 5.09. The van der Waals surface area contributed by atoms with E-state index >= 15 is 0 Å². The lowest BCUT2D eigenvalue weighted by atomic mass is 9.84. The number of esters is 1. The van der Waals surface area contributed by atoms with Gasteiger partial charge >= 0.3 is 5.97 Å².